The molecule has 0 bridgehead atoms. The van der Waals surface area contributed by atoms with E-state index in [0.717, 1.165) is 0 Å². The highest BCUT2D eigenvalue weighted by Gasteiger charge is 2.09. The van der Waals surface area contributed by atoms with Crippen LogP contribution in [0.1, 0.15) is 21.5 Å². The summed E-state index contributed by atoms with van der Waals surface area (Å²) in [6.07, 6.45) is 0. The number of benzene rings is 2. The Bertz CT molecular complexity index is 534. The first kappa shape index (κ1) is 11.8. The molecule has 86 valence electrons. The van der Waals surface area contributed by atoms with E-state index in [1.165, 1.54) is 0 Å². The molecule has 0 unspecified atom stereocenters. The molecule has 2 rings (SSSR count). The number of rotatable bonds is 3. The van der Waals surface area contributed by atoms with Gasteiger partial charge in [-0.25, -0.2) is 4.39 Å². The third kappa shape index (κ3) is 2.71. The van der Waals surface area contributed by atoms with Crippen molar-refractivity contribution in [3.8, 4) is 0 Å². The van der Waals surface area contributed by atoms with E-state index in [1.807, 2.05) is 0 Å². The Hall–Kier alpha value is -1.67. The molecule has 0 N–H and O–H groups in total. The van der Waals surface area contributed by atoms with Crippen LogP contribution in [-0.2, 0) is 6.67 Å². The summed E-state index contributed by atoms with van der Waals surface area (Å²) in [6, 6.07) is 13.2. The number of hydrogen-bond donors (Lipinski definition) is 0. The van der Waals surface area contributed by atoms with Gasteiger partial charge >= 0.3 is 0 Å². The second-order valence-corrected chi connectivity index (χ2v) is 4.11. The summed E-state index contributed by atoms with van der Waals surface area (Å²) in [5.41, 5.74) is 1.54. The molecule has 0 aliphatic carbocycles. The van der Waals surface area contributed by atoms with Crippen LogP contribution in [-0.4, -0.2) is 5.78 Å². The van der Waals surface area contributed by atoms with Gasteiger partial charge in [0, 0.05) is 16.1 Å². The molecular formula is C14H10ClFO. The van der Waals surface area contributed by atoms with E-state index in [0.29, 0.717) is 21.7 Å². The highest BCUT2D eigenvalue weighted by Crippen LogP contribution is 2.15. The Balaban J connectivity index is 2.33. The summed E-state index contributed by atoms with van der Waals surface area (Å²) >= 11 is 5.75. The first-order valence-electron chi connectivity index (χ1n) is 5.16. The molecule has 0 atom stereocenters. The van der Waals surface area contributed by atoms with Gasteiger partial charge in [0.25, 0.3) is 0 Å². The fourth-order valence-electron chi connectivity index (χ4n) is 1.56. The Kier molecular flexibility index (Phi) is 3.55. The Morgan fingerprint density at radius 2 is 1.76 bits per heavy atom. The van der Waals surface area contributed by atoms with Crippen molar-refractivity contribution < 1.29 is 9.18 Å². The van der Waals surface area contributed by atoms with Gasteiger partial charge in [-0.2, -0.15) is 0 Å². The molecule has 0 heterocycles. The molecule has 17 heavy (non-hydrogen) atoms. The first-order chi connectivity index (χ1) is 8.20. The average molecular weight is 249 g/mol. The zero-order chi connectivity index (χ0) is 12.3. The fraction of sp³-hybridized carbons (Fsp3) is 0.0714. The highest BCUT2D eigenvalue weighted by molar-refractivity contribution is 6.30. The van der Waals surface area contributed by atoms with Gasteiger partial charge in [0.15, 0.2) is 5.78 Å². The maximum absolute atomic E-state index is 12.5. The molecule has 0 fully saturated rings. The van der Waals surface area contributed by atoms with E-state index in [4.69, 9.17) is 11.6 Å². The molecule has 0 aliphatic heterocycles. The quantitative estimate of drug-likeness (QED) is 0.750. The van der Waals surface area contributed by atoms with Gasteiger partial charge in [0.2, 0.25) is 0 Å². The molecular weight excluding hydrogens is 239 g/mol. The number of halogens is 2. The zero-order valence-electron chi connectivity index (χ0n) is 8.99. The zero-order valence-corrected chi connectivity index (χ0v) is 9.75. The molecule has 0 spiro atoms. The predicted molar refractivity (Wildman–Crippen MR) is 66.1 cm³/mol. The summed E-state index contributed by atoms with van der Waals surface area (Å²) < 4.78 is 12.5. The minimum atomic E-state index is -0.568. The Labute approximate surface area is 104 Å². The molecule has 0 saturated heterocycles. The average Bonchev–Trinajstić information content (AvgIpc) is 2.39. The standard InChI is InChI=1S/C14H10ClFO/c15-13-6-4-11(5-7-13)14(17)12-3-1-2-10(8-12)9-16/h1-8H,9H2. The largest absolute Gasteiger partial charge is 0.289 e. The van der Waals surface area contributed by atoms with Crippen molar-refractivity contribution >= 4 is 17.4 Å². The maximum atomic E-state index is 12.5. The van der Waals surface area contributed by atoms with E-state index >= 15 is 0 Å². The maximum Gasteiger partial charge on any atom is 0.193 e. The number of carbonyl (C=O) groups excluding carboxylic acids is 1. The SMILES string of the molecule is O=C(c1ccc(Cl)cc1)c1cccc(CF)c1. The first-order valence-corrected chi connectivity index (χ1v) is 5.53. The molecule has 2 aromatic rings. The second-order valence-electron chi connectivity index (χ2n) is 3.67. The smallest absolute Gasteiger partial charge is 0.193 e. The predicted octanol–water partition coefficient (Wildman–Crippen LogP) is 4.04. The monoisotopic (exact) mass is 248 g/mol. The molecule has 1 nitrogen and oxygen atoms in total. The van der Waals surface area contributed by atoms with Gasteiger partial charge in [-0.15, -0.1) is 0 Å². The van der Waals surface area contributed by atoms with Crippen LogP contribution >= 0.6 is 11.6 Å². The normalized spacial score (nSPS) is 10.2. The lowest BCUT2D eigenvalue weighted by Crippen LogP contribution is -2.01. The van der Waals surface area contributed by atoms with Crippen LogP contribution in [0.15, 0.2) is 48.5 Å². The van der Waals surface area contributed by atoms with Gasteiger partial charge in [-0.1, -0.05) is 29.8 Å². The van der Waals surface area contributed by atoms with Crippen molar-refractivity contribution in [3.63, 3.8) is 0 Å². The van der Waals surface area contributed by atoms with Crippen molar-refractivity contribution in [1.82, 2.24) is 0 Å². The minimum Gasteiger partial charge on any atom is -0.289 e. The molecule has 2 aromatic carbocycles. The lowest BCUT2D eigenvalue weighted by molar-refractivity contribution is 0.103. The third-order valence-electron chi connectivity index (χ3n) is 2.45. The molecule has 0 radical (unpaired) electrons. The van der Waals surface area contributed by atoms with Gasteiger partial charge in [0.1, 0.15) is 6.67 Å². The second kappa shape index (κ2) is 5.11. The summed E-state index contributed by atoms with van der Waals surface area (Å²) in [7, 11) is 0. The molecule has 0 aliphatic rings. The molecule has 0 amide bonds. The van der Waals surface area contributed by atoms with Crippen LogP contribution in [0.5, 0.6) is 0 Å². The van der Waals surface area contributed by atoms with Crippen LogP contribution < -0.4 is 0 Å². The van der Waals surface area contributed by atoms with Gasteiger partial charge in [-0.3, -0.25) is 4.79 Å². The van der Waals surface area contributed by atoms with E-state index in [2.05, 4.69) is 0 Å². The fourth-order valence-corrected chi connectivity index (χ4v) is 1.69. The summed E-state index contributed by atoms with van der Waals surface area (Å²) in [4.78, 5) is 12.1. The highest BCUT2D eigenvalue weighted by atomic mass is 35.5. The van der Waals surface area contributed by atoms with E-state index < -0.39 is 6.67 Å². The lowest BCUT2D eigenvalue weighted by atomic mass is 10.0. The van der Waals surface area contributed by atoms with Crippen LogP contribution in [0.4, 0.5) is 4.39 Å². The van der Waals surface area contributed by atoms with Crippen molar-refractivity contribution in [2.75, 3.05) is 0 Å². The number of alkyl halides is 1. The van der Waals surface area contributed by atoms with Crippen molar-refractivity contribution in [2.45, 2.75) is 6.67 Å². The Morgan fingerprint density at radius 1 is 1.06 bits per heavy atom. The van der Waals surface area contributed by atoms with Crippen molar-refractivity contribution in [3.05, 3.63) is 70.2 Å². The Morgan fingerprint density at radius 3 is 2.41 bits per heavy atom. The van der Waals surface area contributed by atoms with Gasteiger partial charge in [0.05, 0.1) is 0 Å². The minimum absolute atomic E-state index is 0.128. The number of hydrogen-bond acceptors (Lipinski definition) is 1. The van der Waals surface area contributed by atoms with Crippen LogP contribution in [0, 0.1) is 0 Å². The van der Waals surface area contributed by atoms with Crippen molar-refractivity contribution in [2.24, 2.45) is 0 Å². The molecule has 3 heteroatoms. The van der Waals surface area contributed by atoms with Crippen LogP contribution in [0.25, 0.3) is 0 Å². The van der Waals surface area contributed by atoms with E-state index in [1.54, 1.807) is 48.5 Å². The third-order valence-corrected chi connectivity index (χ3v) is 2.70. The molecule has 0 aromatic heterocycles. The number of ketones is 1. The van der Waals surface area contributed by atoms with Gasteiger partial charge in [-0.05, 0) is 35.9 Å². The summed E-state index contributed by atoms with van der Waals surface area (Å²) in [5, 5.41) is 0.582. The van der Waals surface area contributed by atoms with Gasteiger partial charge < -0.3 is 0 Å². The molecule has 0 saturated carbocycles. The number of carbonyl (C=O) groups is 1. The van der Waals surface area contributed by atoms with Crippen LogP contribution in [0.3, 0.4) is 0 Å². The van der Waals surface area contributed by atoms with E-state index in [9.17, 15) is 9.18 Å². The van der Waals surface area contributed by atoms with E-state index in [-0.39, 0.29) is 5.78 Å². The summed E-state index contributed by atoms with van der Waals surface area (Å²) in [6.45, 7) is -0.568. The van der Waals surface area contributed by atoms with Crippen molar-refractivity contribution in [1.29, 1.82) is 0 Å². The lowest BCUT2D eigenvalue weighted by Gasteiger charge is -2.02. The topological polar surface area (TPSA) is 17.1 Å². The van der Waals surface area contributed by atoms with Crippen LogP contribution in [0.2, 0.25) is 5.02 Å². The summed E-state index contributed by atoms with van der Waals surface area (Å²) in [5.74, 6) is -0.128.